The average Bonchev–Trinajstić information content (AvgIpc) is 2.88. The fourth-order valence-electron chi connectivity index (χ4n) is 2.23. The fourth-order valence-corrected chi connectivity index (χ4v) is 3.19. The molecular formula is C14H15ClN4OS. The van der Waals surface area contributed by atoms with Crippen molar-refractivity contribution in [1.29, 1.82) is 0 Å². The van der Waals surface area contributed by atoms with Crippen molar-refractivity contribution in [2.75, 3.05) is 31.6 Å². The lowest BCUT2D eigenvalue weighted by Gasteiger charge is -2.33. The van der Waals surface area contributed by atoms with E-state index in [2.05, 4.69) is 9.97 Å². The topological polar surface area (TPSA) is 49.3 Å². The van der Waals surface area contributed by atoms with Crippen molar-refractivity contribution in [2.24, 2.45) is 0 Å². The first-order chi connectivity index (χ1) is 10.0. The molecule has 1 aliphatic heterocycles. The number of hydrogen-bond donors (Lipinski definition) is 0. The minimum Gasteiger partial charge on any atom is -0.360 e. The van der Waals surface area contributed by atoms with Gasteiger partial charge in [-0.2, -0.15) is 0 Å². The predicted molar refractivity (Wildman–Crippen MR) is 84.9 cm³/mol. The Hall–Kier alpha value is -1.66. The monoisotopic (exact) mass is 322 g/mol. The molecule has 2 aromatic rings. The fraction of sp³-hybridized carbons (Fsp3) is 0.357. The number of aryl methyl sites for hydroxylation is 1. The van der Waals surface area contributed by atoms with Crippen molar-refractivity contribution in [3.05, 3.63) is 28.4 Å². The number of pyridine rings is 1. The number of piperazine rings is 1. The van der Waals surface area contributed by atoms with Gasteiger partial charge >= 0.3 is 0 Å². The van der Waals surface area contributed by atoms with Gasteiger partial charge in [-0.25, -0.2) is 9.97 Å². The van der Waals surface area contributed by atoms with E-state index in [0.717, 1.165) is 28.6 Å². The Bertz CT molecular complexity index is 687. The quantitative estimate of drug-likeness (QED) is 0.797. The normalized spacial score (nSPS) is 15.7. The summed E-state index contributed by atoms with van der Waals surface area (Å²) in [5, 5.41) is 3.25. The molecule has 0 aliphatic carbocycles. The summed E-state index contributed by atoms with van der Waals surface area (Å²) in [7, 11) is 1.82. The van der Waals surface area contributed by atoms with Crippen LogP contribution in [0.2, 0.25) is 5.15 Å². The summed E-state index contributed by atoms with van der Waals surface area (Å²) in [6.07, 6.45) is 0. The van der Waals surface area contributed by atoms with Crippen molar-refractivity contribution < 1.29 is 4.79 Å². The zero-order valence-electron chi connectivity index (χ0n) is 11.8. The van der Waals surface area contributed by atoms with Gasteiger partial charge in [0.1, 0.15) is 15.9 Å². The van der Waals surface area contributed by atoms with Crippen molar-refractivity contribution in [1.82, 2.24) is 14.9 Å². The first-order valence-electron chi connectivity index (χ1n) is 6.62. The van der Waals surface area contributed by atoms with Gasteiger partial charge in [0.25, 0.3) is 0 Å². The smallest absolute Gasteiger partial charge is 0.241 e. The van der Waals surface area contributed by atoms with Gasteiger partial charge in [0.05, 0.1) is 6.54 Å². The molecule has 2 aromatic heterocycles. The maximum atomic E-state index is 11.8. The van der Waals surface area contributed by atoms with Crippen LogP contribution in [0.5, 0.6) is 0 Å². The number of anilines is 1. The van der Waals surface area contributed by atoms with Crippen LogP contribution in [0.1, 0.15) is 5.69 Å². The summed E-state index contributed by atoms with van der Waals surface area (Å²) in [6, 6.07) is 3.74. The summed E-state index contributed by atoms with van der Waals surface area (Å²) in [6.45, 7) is 3.82. The van der Waals surface area contributed by atoms with Crippen LogP contribution in [0.25, 0.3) is 10.7 Å². The summed E-state index contributed by atoms with van der Waals surface area (Å²) >= 11 is 7.68. The van der Waals surface area contributed by atoms with Crippen LogP contribution < -0.4 is 4.90 Å². The molecule has 1 saturated heterocycles. The van der Waals surface area contributed by atoms with Crippen LogP contribution in [-0.4, -0.2) is 47.5 Å². The number of thiazole rings is 1. The summed E-state index contributed by atoms with van der Waals surface area (Å²) in [5.74, 6) is 0.112. The molecule has 0 N–H and O–H groups in total. The van der Waals surface area contributed by atoms with E-state index in [0.29, 0.717) is 18.2 Å². The lowest BCUT2D eigenvalue weighted by molar-refractivity contribution is -0.129. The molecule has 3 rings (SSSR count). The molecule has 7 heteroatoms. The number of amides is 1. The third-order valence-electron chi connectivity index (χ3n) is 3.44. The lowest BCUT2D eigenvalue weighted by atomic mass is 10.2. The molecule has 5 nitrogen and oxygen atoms in total. The Balaban J connectivity index is 1.93. The van der Waals surface area contributed by atoms with E-state index in [1.165, 1.54) is 0 Å². The van der Waals surface area contributed by atoms with Crippen molar-refractivity contribution in [3.8, 4) is 10.7 Å². The standard InChI is InChI=1S/C14H15ClN4OS/c1-9-8-21-14(16-9)11-5-10(6-12(15)17-11)19-4-3-18(2)13(20)7-19/h5-6,8H,3-4,7H2,1-2H3. The first kappa shape index (κ1) is 14.3. The Morgan fingerprint density at radius 3 is 2.76 bits per heavy atom. The second kappa shape index (κ2) is 5.61. The molecule has 0 atom stereocenters. The highest BCUT2D eigenvalue weighted by molar-refractivity contribution is 7.13. The molecule has 3 heterocycles. The lowest BCUT2D eigenvalue weighted by Crippen LogP contribution is -2.48. The number of hydrogen-bond acceptors (Lipinski definition) is 5. The summed E-state index contributed by atoms with van der Waals surface area (Å²) < 4.78 is 0. The van der Waals surface area contributed by atoms with Crippen LogP contribution in [0.15, 0.2) is 17.5 Å². The van der Waals surface area contributed by atoms with Gasteiger partial charge in [-0.05, 0) is 19.1 Å². The van der Waals surface area contributed by atoms with E-state index in [-0.39, 0.29) is 5.91 Å². The predicted octanol–water partition coefficient (Wildman–Crippen LogP) is 2.45. The Kier molecular flexibility index (Phi) is 3.82. The summed E-state index contributed by atoms with van der Waals surface area (Å²) in [4.78, 5) is 24.4. The number of carbonyl (C=O) groups excluding carboxylic acids is 1. The molecule has 110 valence electrons. The first-order valence-corrected chi connectivity index (χ1v) is 7.88. The van der Waals surface area contributed by atoms with Crippen LogP contribution in [0.4, 0.5) is 5.69 Å². The SMILES string of the molecule is Cc1csc(-c2cc(N3CCN(C)C(=O)C3)cc(Cl)n2)n1. The number of nitrogens with zero attached hydrogens (tertiary/aromatic N) is 4. The average molecular weight is 323 g/mol. The van der Waals surface area contributed by atoms with E-state index >= 15 is 0 Å². The number of likely N-dealkylation sites (N-methyl/N-ethyl adjacent to an activating group) is 1. The maximum absolute atomic E-state index is 11.8. The van der Waals surface area contributed by atoms with E-state index < -0.39 is 0 Å². The van der Waals surface area contributed by atoms with E-state index in [4.69, 9.17) is 11.6 Å². The minimum atomic E-state index is 0.112. The van der Waals surface area contributed by atoms with Crippen LogP contribution >= 0.6 is 22.9 Å². The van der Waals surface area contributed by atoms with Gasteiger partial charge in [0.15, 0.2) is 0 Å². The third kappa shape index (κ3) is 3.01. The molecule has 1 fully saturated rings. The van der Waals surface area contributed by atoms with Gasteiger partial charge in [-0.3, -0.25) is 4.79 Å². The van der Waals surface area contributed by atoms with E-state index in [1.807, 2.05) is 30.3 Å². The van der Waals surface area contributed by atoms with Crippen LogP contribution in [-0.2, 0) is 4.79 Å². The molecule has 0 radical (unpaired) electrons. The highest BCUT2D eigenvalue weighted by Gasteiger charge is 2.22. The summed E-state index contributed by atoms with van der Waals surface area (Å²) in [5.41, 5.74) is 2.63. The highest BCUT2D eigenvalue weighted by Crippen LogP contribution is 2.28. The van der Waals surface area contributed by atoms with E-state index in [9.17, 15) is 4.79 Å². The molecule has 0 spiro atoms. The van der Waals surface area contributed by atoms with Gasteiger partial charge in [-0.15, -0.1) is 11.3 Å². The zero-order valence-corrected chi connectivity index (χ0v) is 13.4. The number of rotatable bonds is 2. The maximum Gasteiger partial charge on any atom is 0.241 e. The van der Waals surface area contributed by atoms with Gasteiger partial charge in [-0.1, -0.05) is 11.6 Å². The zero-order chi connectivity index (χ0) is 15.0. The molecule has 0 bridgehead atoms. The van der Waals surface area contributed by atoms with Gasteiger partial charge in [0.2, 0.25) is 5.91 Å². The molecule has 0 unspecified atom stereocenters. The Morgan fingerprint density at radius 2 is 2.10 bits per heavy atom. The second-order valence-electron chi connectivity index (χ2n) is 5.06. The number of halogens is 1. The largest absolute Gasteiger partial charge is 0.360 e. The Morgan fingerprint density at radius 1 is 1.29 bits per heavy atom. The third-order valence-corrected chi connectivity index (χ3v) is 4.62. The van der Waals surface area contributed by atoms with Crippen LogP contribution in [0, 0.1) is 6.92 Å². The number of aromatic nitrogens is 2. The van der Waals surface area contributed by atoms with Crippen molar-refractivity contribution >= 4 is 34.5 Å². The molecule has 1 amide bonds. The molecule has 21 heavy (non-hydrogen) atoms. The highest BCUT2D eigenvalue weighted by atomic mass is 35.5. The minimum absolute atomic E-state index is 0.112. The number of carbonyl (C=O) groups is 1. The second-order valence-corrected chi connectivity index (χ2v) is 6.31. The molecular weight excluding hydrogens is 308 g/mol. The van der Waals surface area contributed by atoms with Crippen molar-refractivity contribution in [2.45, 2.75) is 6.92 Å². The van der Waals surface area contributed by atoms with Gasteiger partial charge < -0.3 is 9.80 Å². The van der Waals surface area contributed by atoms with Crippen molar-refractivity contribution in [3.63, 3.8) is 0 Å². The van der Waals surface area contributed by atoms with E-state index in [1.54, 1.807) is 22.3 Å². The van der Waals surface area contributed by atoms with Crippen LogP contribution in [0.3, 0.4) is 0 Å². The molecule has 1 aliphatic rings. The molecule has 0 saturated carbocycles. The van der Waals surface area contributed by atoms with Gasteiger partial charge in [0, 0.05) is 36.9 Å². The molecule has 0 aromatic carbocycles. The Labute approximate surface area is 132 Å².